The van der Waals surface area contributed by atoms with Crippen molar-refractivity contribution in [2.45, 2.75) is 33.6 Å². The van der Waals surface area contributed by atoms with E-state index in [0.717, 1.165) is 11.3 Å². The number of rotatable bonds is 7. The van der Waals surface area contributed by atoms with Gasteiger partial charge in [0.2, 0.25) is 0 Å². The fourth-order valence-corrected chi connectivity index (χ4v) is 2.41. The Balaban J connectivity index is 2.08. The van der Waals surface area contributed by atoms with Gasteiger partial charge in [-0.05, 0) is 31.9 Å². The van der Waals surface area contributed by atoms with E-state index < -0.39 is 17.3 Å². The number of benzene rings is 1. The van der Waals surface area contributed by atoms with Crippen LogP contribution in [0.5, 0.6) is 0 Å². The molecular weight excluding hydrogens is 308 g/mol. The first-order valence-corrected chi connectivity index (χ1v) is 7.93. The summed E-state index contributed by atoms with van der Waals surface area (Å²) in [6.45, 7) is 5.65. The molecule has 1 aromatic heterocycles. The van der Waals surface area contributed by atoms with Gasteiger partial charge in [-0.15, -0.1) is 5.10 Å². The van der Waals surface area contributed by atoms with Gasteiger partial charge in [0, 0.05) is 6.54 Å². The molecule has 2 N–H and O–H groups in total. The molecule has 0 saturated carbocycles. The third kappa shape index (κ3) is 3.61. The highest BCUT2D eigenvalue weighted by atomic mass is 16.4. The van der Waals surface area contributed by atoms with E-state index in [1.54, 1.807) is 13.8 Å². The van der Waals surface area contributed by atoms with E-state index in [1.165, 1.54) is 10.9 Å². The average Bonchev–Trinajstić information content (AvgIpc) is 3.06. The van der Waals surface area contributed by atoms with Crippen LogP contribution in [0.3, 0.4) is 0 Å². The maximum atomic E-state index is 12.2. The Kier molecular flexibility index (Phi) is 5.33. The number of amides is 1. The van der Waals surface area contributed by atoms with Crippen molar-refractivity contribution in [3.05, 3.63) is 41.7 Å². The van der Waals surface area contributed by atoms with Crippen LogP contribution in [0, 0.1) is 12.3 Å². The summed E-state index contributed by atoms with van der Waals surface area (Å²) in [4.78, 5) is 23.7. The highest BCUT2D eigenvalue weighted by Gasteiger charge is 2.35. The third-order valence-electron chi connectivity index (χ3n) is 4.42. The fourth-order valence-electron chi connectivity index (χ4n) is 2.41. The fraction of sp³-hybridized carbons (Fsp3) is 0.412. The number of hydrogen-bond acceptors (Lipinski definition) is 4. The molecule has 0 bridgehead atoms. The molecule has 0 radical (unpaired) electrons. The molecule has 0 saturated heterocycles. The molecule has 1 amide bonds. The number of hydrogen-bond donors (Lipinski definition) is 2. The maximum Gasteiger partial charge on any atom is 0.311 e. The summed E-state index contributed by atoms with van der Waals surface area (Å²) < 4.78 is 1.51. The first-order chi connectivity index (χ1) is 11.4. The van der Waals surface area contributed by atoms with Gasteiger partial charge in [0.1, 0.15) is 0 Å². The lowest BCUT2D eigenvalue weighted by Gasteiger charge is -2.26. The zero-order valence-corrected chi connectivity index (χ0v) is 14.1. The molecule has 2 aromatic rings. The van der Waals surface area contributed by atoms with Crippen molar-refractivity contribution in [3.8, 4) is 5.69 Å². The Morgan fingerprint density at radius 3 is 2.38 bits per heavy atom. The minimum atomic E-state index is -0.956. The molecule has 0 aliphatic rings. The summed E-state index contributed by atoms with van der Waals surface area (Å²) in [5.41, 5.74) is 1.12. The second-order valence-electron chi connectivity index (χ2n) is 5.86. The molecule has 0 aliphatic carbocycles. The van der Waals surface area contributed by atoms with Crippen LogP contribution >= 0.6 is 0 Å². The van der Waals surface area contributed by atoms with Crippen molar-refractivity contribution in [2.24, 2.45) is 5.41 Å². The summed E-state index contributed by atoms with van der Waals surface area (Å²) in [6.07, 6.45) is 2.41. The van der Waals surface area contributed by atoms with Crippen molar-refractivity contribution >= 4 is 11.9 Å². The molecule has 128 valence electrons. The highest BCUT2D eigenvalue weighted by Crippen LogP contribution is 2.25. The summed E-state index contributed by atoms with van der Waals surface area (Å²) in [7, 11) is 0. The Bertz CT molecular complexity index is 718. The van der Waals surface area contributed by atoms with Gasteiger partial charge in [-0.3, -0.25) is 9.59 Å². The minimum absolute atomic E-state index is 0.0611. The smallest absolute Gasteiger partial charge is 0.311 e. The van der Waals surface area contributed by atoms with Crippen molar-refractivity contribution in [3.63, 3.8) is 0 Å². The zero-order valence-electron chi connectivity index (χ0n) is 14.1. The summed E-state index contributed by atoms with van der Waals surface area (Å²) >= 11 is 0. The number of carbonyl (C=O) groups excluding carboxylic acids is 1. The van der Waals surface area contributed by atoms with Crippen LogP contribution in [0.1, 0.15) is 42.7 Å². The minimum Gasteiger partial charge on any atom is -0.481 e. The second kappa shape index (κ2) is 7.25. The lowest BCUT2D eigenvalue weighted by Crippen LogP contribution is -2.42. The van der Waals surface area contributed by atoms with E-state index in [9.17, 15) is 14.7 Å². The monoisotopic (exact) mass is 330 g/mol. The van der Waals surface area contributed by atoms with Gasteiger partial charge in [-0.1, -0.05) is 36.8 Å². The molecular formula is C17H22N4O3. The van der Waals surface area contributed by atoms with E-state index in [2.05, 4.69) is 15.6 Å². The number of nitrogens with zero attached hydrogens (tertiary/aromatic N) is 3. The molecule has 0 fully saturated rings. The van der Waals surface area contributed by atoms with E-state index in [0.29, 0.717) is 12.8 Å². The molecule has 0 spiro atoms. The van der Waals surface area contributed by atoms with Gasteiger partial charge in [-0.2, -0.15) is 0 Å². The molecule has 1 aromatic carbocycles. The predicted octanol–water partition coefficient (Wildman–Crippen LogP) is 2.20. The van der Waals surface area contributed by atoms with Crippen molar-refractivity contribution in [1.29, 1.82) is 0 Å². The topological polar surface area (TPSA) is 97.1 Å². The summed E-state index contributed by atoms with van der Waals surface area (Å²) in [6, 6.07) is 7.66. The van der Waals surface area contributed by atoms with Gasteiger partial charge in [0.25, 0.3) is 5.91 Å². The van der Waals surface area contributed by atoms with E-state index in [-0.39, 0.29) is 12.2 Å². The van der Waals surface area contributed by atoms with Gasteiger partial charge in [-0.25, -0.2) is 4.68 Å². The molecule has 1 heterocycles. The van der Waals surface area contributed by atoms with Crippen LogP contribution in [0.2, 0.25) is 0 Å². The SMILES string of the molecule is CCC(CC)(CNC(=O)c1cn(-c2ccc(C)cc2)nn1)C(=O)O. The number of carboxylic acids is 1. The average molecular weight is 330 g/mol. The summed E-state index contributed by atoms with van der Waals surface area (Å²) in [5, 5.41) is 19.9. The zero-order chi connectivity index (χ0) is 17.7. The molecule has 0 atom stereocenters. The molecule has 7 nitrogen and oxygen atoms in total. The van der Waals surface area contributed by atoms with Crippen LogP contribution in [0.4, 0.5) is 0 Å². The number of nitrogens with one attached hydrogen (secondary N) is 1. The molecule has 7 heteroatoms. The molecule has 24 heavy (non-hydrogen) atoms. The predicted molar refractivity (Wildman–Crippen MR) is 89.1 cm³/mol. The van der Waals surface area contributed by atoms with Crippen molar-refractivity contribution in [1.82, 2.24) is 20.3 Å². The Morgan fingerprint density at radius 2 is 1.83 bits per heavy atom. The highest BCUT2D eigenvalue weighted by molar-refractivity contribution is 5.92. The van der Waals surface area contributed by atoms with Crippen LogP contribution in [-0.2, 0) is 4.79 Å². The number of carboxylic acid groups (broad SMARTS) is 1. The van der Waals surface area contributed by atoms with Crippen molar-refractivity contribution < 1.29 is 14.7 Å². The lowest BCUT2D eigenvalue weighted by molar-refractivity contribution is -0.149. The quantitative estimate of drug-likeness (QED) is 0.811. The van der Waals surface area contributed by atoms with Crippen LogP contribution < -0.4 is 5.32 Å². The third-order valence-corrected chi connectivity index (χ3v) is 4.42. The Morgan fingerprint density at radius 1 is 1.21 bits per heavy atom. The van der Waals surface area contributed by atoms with Crippen molar-refractivity contribution in [2.75, 3.05) is 6.54 Å². The first-order valence-electron chi connectivity index (χ1n) is 7.93. The molecule has 0 aliphatic heterocycles. The van der Waals surface area contributed by atoms with E-state index in [1.807, 2.05) is 31.2 Å². The number of aryl methyl sites for hydroxylation is 1. The number of aliphatic carboxylic acids is 1. The Hall–Kier alpha value is -2.70. The summed E-state index contributed by atoms with van der Waals surface area (Å²) in [5.74, 6) is -1.34. The maximum absolute atomic E-state index is 12.2. The molecule has 0 unspecified atom stereocenters. The van der Waals surface area contributed by atoms with Gasteiger partial charge >= 0.3 is 5.97 Å². The second-order valence-corrected chi connectivity index (χ2v) is 5.86. The van der Waals surface area contributed by atoms with Crippen LogP contribution in [0.15, 0.2) is 30.5 Å². The number of carbonyl (C=O) groups is 2. The van der Waals surface area contributed by atoms with E-state index >= 15 is 0 Å². The Labute approximate surface area is 140 Å². The van der Waals surface area contributed by atoms with Crippen LogP contribution in [-0.4, -0.2) is 38.5 Å². The largest absolute Gasteiger partial charge is 0.481 e. The normalized spacial score (nSPS) is 11.3. The number of aromatic nitrogens is 3. The molecule has 2 rings (SSSR count). The van der Waals surface area contributed by atoms with Crippen LogP contribution in [0.25, 0.3) is 5.69 Å². The van der Waals surface area contributed by atoms with Gasteiger partial charge in [0.15, 0.2) is 5.69 Å². The van der Waals surface area contributed by atoms with Gasteiger partial charge in [0.05, 0.1) is 17.3 Å². The van der Waals surface area contributed by atoms with E-state index in [4.69, 9.17) is 0 Å². The standard InChI is InChI=1S/C17H22N4O3/c1-4-17(5-2,16(23)24)11-18-15(22)14-10-21(20-19-14)13-8-6-12(3)7-9-13/h6-10H,4-5,11H2,1-3H3,(H,18,22)(H,23,24). The first kappa shape index (κ1) is 17.7. The lowest BCUT2D eigenvalue weighted by atomic mass is 9.82. The van der Waals surface area contributed by atoms with Gasteiger partial charge < -0.3 is 10.4 Å².